The lowest BCUT2D eigenvalue weighted by Crippen LogP contribution is -2.21. The van der Waals surface area contributed by atoms with E-state index in [-0.39, 0.29) is 6.10 Å². The van der Waals surface area contributed by atoms with Crippen LogP contribution in [0.25, 0.3) is 22.2 Å². The summed E-state index contributed by atoms with van der Waals surface area (Å²) in [5.74, 6) is 1.24. The molecular formula is C29H30N6O3. The summed E-state index contributed by atoms with van der Waals surface area (Å²) in [6.45, 7) is 3.01. The highest BCUT2D eigenvalue weighted by Crippen LogP contribution is 2.43. The summed E-state index contributed by atoms with van der Waals surface area (Å²) in [6.07, 6.45) is 8.23. The predicted molar refractivity (Wildman–Crippen MR) is 143 cm³/mol. The van der Waals surface area contributed by atoms with E-state index in [9.17, 15) is 10.1 Å². The molecule has 0 spiro atoms. The van der Waals surface area contributed by atoms with Crippen molar-refractivity contribution < 1.29 is 14.3 Å². The van der Waals surface area contributed by atoms with Crippen molar-refractivity contribution in [1.29, 1.82) is 5.26 Å². The average Bonchev–Trinajstić information content (AvgIpc) is 3.53. The number of nitriles is 1. The van der Waals surface area contributed by atoms with E-state index in [2.05, 4.69) is 26.0 Å². The Bertz CT molecular complexity index is 1480. The van der Waals surface area contributed by atoms with E-state index in [0.717, 1.165) is 53.6 Å². The molecule has 2 aliphatic carbocycles. The lowest BCUT2D eigenvalue weighted by Gasteiger charge is -2.30. The summed E-state index contributed by atoms with van der Waals surface area (Å²) in [5.41, 5.74) is 4.15. The third-order valence-corrected chi connectivity index (χ3v) is 7.57. The number of carbonyl (C=O) groups excluding carboxylic acids is 1. The second-order valence-electron chi connectivity index (χ2n) is 10.1. The maximum absolute atomic E-state index is 12.3. The minimum Gasteiger partial charge on any atom is -0.492 e. The van der Waals surface area contributed by atoms with Gasteiger partial charge in [0.25, 0.3) is 0 Å². The van der Waals surface area contributed by atoms with Crippen molar-refractivity contribution >= 4 is 22.7 Å². The van der Waals surface area contributed by atoms with Gasteiger partial charge in [0.2, 0.25) is 0 Å². The van der Waals surface area contributed by atoms with Crippen molar-refractivity contribution in [2.24, 2.45) is 5.92 Å². The van der Waals surface area contributed by atoms with Crippen LogP contribution in [0.4, 0.5) is 10.5 Å². The molecule has 2 fully saturated rings. The van der Waals surface area contributed by atoms with Gasteiger partial charge in [0.15, 0.2) is 0 Å². The zero-order valence-electron chi connectivity index (χ0n) is 21.3. The van der Waals surface area contributed by atoms with Gasteiger partial charge in [0.05, 0.1) is 23.3 Å². The van der Waals surface area contributed by atoms with Crippen LogP contribution in [0.1, 0.15) is 50.6 Å². The van der Waals surface area contributed by atoms with Gasteiger partial charge in [0.1, 0.15) is 37.2 Å². The van der Waals surface area contributed by atoms with E-state index in [1.54, 1.807) is 11.0 Å². The third kappa shape index (κ3) is 4.82. The topological polar surface area (TPSA) is 107 Å². The lowest BCUT2D eigenvalue weighted by atomic mass is 9.92. The number of benzene rings is 2. The molecule has 0 bridgehead atoms. The van der Waals surface area contributed by atoms with Crippen molar-refractivity contribution in [2.45, 2.75) is 57.7 Å². The highest BCUT2D eigenvalue weighted by Gasteiger charge is 2.31. The highest BCUT2D eigenvalue weighted by atomic mass is 16.6. The zero-order valence-corrected chi connectivity index (χ0v) is 21.3. The van der Waals surface area contributed by atoms with Crippen molar-refractivity contribution in [2.75, 3.05) is 11.9 Å². The number of aromatic nitrogens is 4. The van der Waals surface area contributed by atoms with Gasteiger partial charge in [-0.1, -0.05) is 12.1 Å². The van der Waals surface area contributed by atoms with Crippen LogP contribution in [0.5, 0.6) is 5.75 Å². The molecule has 2 aliphatic rings. The predicted octanol–water partition coefficient (Wildman–Crippen LogP) is 5.92. The van der Waals surface area contributed by atoms with Crippen LogP contribution in [0.3, 0.4) is 0 Å². The molecule has 1 amide bonds. The molecule has 0 radical (unpaired) electrons. The number of hydrogen-bond acceptors (Lipinski definition) is 6. The first-order chi connectivity index (χ1) is 18.6. The second kappa shape index (κ2) is 10.2. The Balaban J connectivity index is 1.27. The van der Waals surface area contributed by atoms with Crippen LogP contribution in [0.2, 0.25) is 0 Å². The molecule has 2 aromatic carbocycles. The van der Waals surface area contributed by atoms with Crippen LogP contribution in [-0.4, -0.2) is 38.1 Å². The van der Waals surface area contributed by atoms with Gasteiger partial charge >= 0.3 is 6.09 Å². The number of nitrogens with one attached hydrogen (secondary N) is 1. The average molecular weight is 511 g/mol. The second-order valence-corrected chi connectivity index (χ2v) is 10.1. The maximum Gasteiger partial charge on any atom is 0.411 e. The summed E-state index contributed by atoms with van der Waals surface area (Å²) in [7, 11) is 0. The standard InChI is InChI=1S/C29H30N6O3/c1-19(20-5-6-20)38-29(36)33-22-9-7-21(8-10-22)28-26(16-30)25-12-11-24(37-14-13-34-18-31-17-32-34)15-27(25)35(28)23-3-2-4-23/h7-12,15,17-20,23H,2-6,13-14H2,1H3,(H,33,36). The van der Waals surface area contributed by atoms with E-state index < -0.39 is 6.09 Å². The molecule has 1 N–H and O–H groups in total. The molecule has 9 heteroatoms. The number of carbonyl (C=O) groups is 1. The molecule has 2 heterocycles. The van der Waals surface area contributed by atoms with Gasteiger partial charge in [0, 0.05) is 23.2 Å². The molecule has 1 atom stereocenters. The Morgan fingerprint density at radius 1 is 1.18 bits per heavy atom. The Hall–Kier alpha value is -4.32. The Labute approximate surface area is 221 Å². The number of anilines is 1. The molecule has 2 saturated carbocycles. The van der Waals surface area contributed by atoms with Crippen molar-refractivity contribution in [1.82, 2.24) is 19.3 Å². The number of nitrogens with zero attached hydrogens (tertiary/aromatic N) is 5. The van der Waals surface area contributed by atoms with E-state index in [1.165, 1.54) is 12.7 Å². The number of hydrogen-bond donors (Lipinski definition) is 1. The van der Waals surface area contributed by atoms with E-state index in [0.29, 0.717) is 36.4 Å². The summed E-state index contributed by atoms with van der Waals surface area (Å²) in [6, 6.07) is 16.4. The smallest absolute Gasteiger partial charge is 0.411 e. The fraction of sp³-hybridized carbons (Fsp3) is 0.379. The van der Waals surface area contributed by atoms with Crippen LogP contribution in [-0.2, 0) is 11.3 Å². The molecule has 38 heavy (non-hydrogen) atoms. The monoisotopic (exact) mass is 510 g/mol. The molecule has 6 rings (SSSR count). The van der Waals surface area contributed by atoms with Crippen molar-refractivity contribution in [3.8, 4) is 23.1 Å². The van der Waals surface area contributed by atoms with Crippen LogP contribution < -0.4 is 10.1 Å². The SMILES string of the molecule is CC(OC(=O)Nc1ccc(-c2c(C#N)c3ccc(OCCn4cncn4)cc3n2C2CCC2)cc1)C1CC1. The molecule has 1 unspecified atom stereocenters. The summed E-state index contributed by atoms with van der Waals surface area (Å²) >= 11 is 0. The number of ether oxygens (including phenoxy) is 2. The number of rotatable bonds is 9. The molecule has 2 aromatic heterocycles. The molecule has 4 aromatic rings. The van der Waals surface area contributed by atoms with Crippen LogP contribution in [0, 0.1) is 17.2 Å². The van der Waals surface area contributed by atoms with Gasteiger partial charge in [-0.05, 0) is 74.8 Å². The minimum atomic E-state index is -0.435. The molecule has 9 nitrogen and oxygen atoms in total. The van der Waals surface area contributed by atoms with Gasteiger partial charge in [-0.25, -0.2) is 14.5 Å². The normalized spacial score (nSPS) is 16.0. The van der Waals surface area contributed by atoms with Gasteiger partial charge in [-0.3, -0.25) is 5.32 Å². The fourth-order valence-electron chi connectivity index (χ4n) is 5.10. The number of fused-ring (bicyclic) bond motifs is 1. The Kier molecular flexibility index (Phi) is 6.46. The maximum atomic E-state index is 12.3. The minimum absolute atomic E-state index is 0.0675. The lowest BCUT2D eigenvalue weighted by molar-refractivity contribution is 0.108. The Morgan fingerprint density at radius 3 is 2.66 bits per heavy atom. The zero-order chi connectivity index (χ0) is 26.1. The molecule has 0 saturated heterocycles. The summed E-state index contributed by atoms with van der Waals surface area (Å²) in [5, 5.41) is 18.1. The molecular weight excluding hydrogens is 480 g/mol. The quantitative estimate of drug-likeness (QED) is 0.299. The van der Waals surface area contributed by atoms with Gasteiger partial charge in [-0.2, -0.15) is 10.4 Å². The highest BCUT2D eigenvalue weighted by molar-refractivity contribution is 5.96. The first-order valence-corrected chi connectivity index (χ1v) is 13.2. The van der Waals surface area contributed by atoms with Crippen molar-refractivity contribution in [3.63, 3.8) is 0 Å². The van der Waals surface area contributed by atoms with E-state index in [1.807, 2.05) is 49.4 Å². The van der Waals surface area contributed by atoms with E-state index in [4.69, 9.17) is 9.47 Å². The first-order valence-electron chi connectivity index (χ1n) is 13.2. The van der Waals surface area contributed by atoms with Gasteiger partial charge < -0.3 is 14.0 Å². The van der Waals surface area contributed by atoms with Crippen LogP contribution in [0.15, 0.2) is 55.1 Å². The van der Waals surface area contributed by atoms with Crippen LogP contribution >= 0.6 is 0 Å². The summed E-state index contributed by atoms with van der Waals surface area (Å²) in [4.78, 5) is 16.3. The largest absolute Gasteiger partial charge is 0.492 e. The Morgan fingerprint density at radius 2 is 2.00 bits per heavy atom. The number of amides is 1. The first kappa shape index (κ1) is 24.0. The fourth-order valence-corrected chi connectivity index (χ4v) is 5.10. The summed E-state index contributed by atoms with van der Waals surface area (Å²) < 4.78 is 15.5. The van der Waals surface area contributed by atoms with E-state index >= 15 is 0 Å². The molecule has 194 valence electrons. The third-order valence-electron chi connectivity index (χ3n) is 7.57. The molecule has 0 aliphatic heterocycles. The van der Waals surface area contributed by atoms with Gasteiger partial charge in [-0.15, -0.1) is 0 Å². The van der Waals surface area contributed by atoms with Crippen molar-refractivity contribution in [3.05, 3.63) is 60.7 Å².